The van der Waals surface area contributed by atoms with Gasteiger partial charge in [0.2, 0.25) is 0 Å². The van der Waals surface area contributed by atoms with Crippen LogP contribution in [0.2, 0.25) is 0 Å². The van der Waals surface area contributed by atoms with Gasteiger partial charge in [0.05, 0.1) is 0 Å². The first-order valence-corrected chi connectivity index (χ1v) is 12.3. The van der Waals surface area contributed by atoms with Gasteiger partial charge in [-0.15, -0.1) is 0 Å². The molecule has 0 aromatic heterocycles. The van der Waals surface area contributed by atoms with Crippen LogP contribution in [0, 0.1) is 52.3 Å². The summed E-state index contributed by atoms with van der Waals surface area (Å²) < 4.78 is 0. The Labute approximate surface area is 179 Å². The van der Waals surface area contributed by atoms with Crippen LogP contribution in [0.4, 0.5) is 0 Å². The van der Waals surface area contributed by atoms with Crippen molar-refractivity contribution in [2.24, 2.45) is 52.3 Å². The Kier molecular flexibility index (Phi) is 5.50. The second-order valence-electron chi connectivity index (χ2n) is 11.7. The molecule has 4 rings (SSSR count). The topological polar surface area (TPSA) is 17.1 Å². The Morgan fingerprint density at radius 2 is 1.76 bits per heavy atom. The van der Waals surface area contributed by atoms with Gasteiger partial charge in [0.25, 0.3) is 0 Å². The number of rotatable bonds is 4. The summed E-state index contributed by atoms with van der Waals surface area (Å²) in [6.07, 6.45) is 19.1. The van der Waals surface area contributed by atoms with E-state index >= 15 is 0 Å². The van der Waals surface area contributed by atoms with Gasteiger partial charge in [0.15, 0.2) is 5.78 Å². The molecule has 0 aliphatic heterocycles. The molecule has 0 unspecified atom stereocenters. The van der Waals surface area contributed by atoms with Gasteiger partial charge in [0, 0.05) is 6.42 Å². The summed E-state index contributed by atoms with van der Waals surface area (Å²) >= 11 is 0. The van der Waals surface area contributed by atoms with E-state index in [1.165, 1.54) is 31.3 Å². The minimum atomic E-state index is 0.227. The van der Waals surface area contributed by atoms with Gasteiger partial charge < -0.3 is 0 Å². The van der Waals surface area contributed by atoms with Crippen molar-refractivity contribution in [3.05, 3.63) is 36.0 Å². The number of hydrogen-bond donors (Lipinski definition) is 0. The van der Waals surface area contributed by atoms with Gasteiger partial charge in [-0.2, -0.15) is 0 Å². The van der Waals surface area contributed by atoms with E-state index in [4.69, 9.17) is 0 Å². The van der Waals surface area contributed by atoms with Crippen molar-refractivity contribution in [3.63, 3.8) is 0 Å². The van der Waals surface area contributed by atoms with Crippen molar-refractivity contribution in [3.8, 4) is 0 Å². The molecule has 0 radical (unpaired) electrons. The Bertz CT molecular complexity index is 739. The standard InChI is InChI=1S/C28H42O/c1-18(2)19(3)7-8-20(4)24-11-12-25-23-10-9-21-17-22(29)13-15-27(21,5)26(23)14-16-28(24,25)6/h7-10,17-20,23-26H,11-16H2,1-6H3/b8-7-/t19-,20-,23-,24+,25-,26-,27-,28+/m0/s1. The summed E-state index contributed by atoms with van der Waals surface area (Å²) in [7, 11) is 0. The predicted octanol–water partition coefficient (Wildman–Crippen LogP) is 7.39. The quantitative estimate of drug-likeness (QED) is 0.454. The molecule has 0 aromatic carbocycles. The second kappa shape index (κ2) is 7.54. The van der Waals surface area contributed by atoms with Gasteiger partial charge in [-0.05, 0) is 96.0 Å². The van der Waals surface area contributed by atoms with Crippen molar-refractivity contribution in [1.29, 1.82) is 0 Å². The van der Waals surface area contributed by atoms with Gasteiger partial charge in [-0.25, -0.2) is 0 Å². The lowest BCUT2D eigenvalue weighted by atomic mass is 9.48. The number of hydrogen-bond acceptors (Lipinski definition) is 1. The number of ketones is 1. The van der Waals surface area contributed by atoms with Crippen LogP contribution >= 0.6 is 0 Å². The lowest BCUT2D eigenvalue weighted by Gasteiger charge is -2.56. The molecule has 0 spiro atoms. The molecule has 0 aromatic rings. The van der Waals surface area contributed by atoms with Crippen LogP contribution < -0.4 is 0 Å². The average Bonchev–Trinajstić information content (AvgIpc) is 3.03. The van der Waals surface area contributed by atoms with Crippen LogP contribution in [0.25, 0.3) is 0 Å². The summed E-state index contributed by atoms with van der Waals surface area (Å²) in [6.45, 7) is 14.6. The summed E-state index contributed by atoms with van der Waals surface area (Å²) in [5.74, 6) is 5.46. The molecule has 0 amide bonds. The molecule has 2 fully saturated rings. The molecule has 4 aliphatic rings. The second-order valence-corrected chi connectivity index (χ2v) is 11.7. The fourth-order valence-corrected chi connectivity index (χ4v) is 7.61. The minimum absolute atomic E-state index is 0.227. The van der Waals surface area contributed by atoms with Crippen LogP contribution in [0.5, 0.6) is 0 Å². The maximum Gasteiger partial charge on any atom is 0.156 e. The predicted molar refractivity (Wildman–Crippen MR) is 122 cm³/mol. The molecule has 1 nitrogen and oxygen atoms in total. The maximum atomic E-state index is 12.0. The van der Waals surface area contributed by atoms with Crippen molar-refractivity contribution < 1.29 is 4.79 Å². The molecule has 160 valence electrons. The normalized spacial score (nSPS) is 43.7. The van der Waals surface area contributed by atoms with Crippen LogP contribution in [0.3, 0.4) is 0 Å². The largest absolute Gasteiger partial charge is 0.295 e. The summed E-state index contributed by atoms with van der Waals surface area (Å²) in [5, 5.41) is 0. The summed E-state index contributed by atoms with van der Waals surface area (Å²) in [6, 6.07) is 0. The molecule has 0 bridgehead atoms. The third-order valence-electron chi connectivity index (χ3n) is 9.99. The SMILES string of the molecule is CC(C)[C@@H](C)/C=C\[C@H](C)[C@H]1CC[C@H]2[C@@H]3C=CC4=CC(=O)CC[C@]4(C)[C@H]3CC[C@]12C. The fourth-order valence-electron chi connectivity index (χ4n) is 7.61. The first-order chi connectivity index (χ1) is 13.7. The van der Waals surface area contributed by atoms with Crippen molar-refractivity contribution >= 4 is 5.78 Å². The van der Waals surface area contributed by atoms with Crippen molar-refractivity contribution in [2.75, 3.05) is 0 Å². The Balaban J connectivity index is 1.57. The van der Waals surface area contributed by atoms with Crippen LogP contribution in [0.15, 0.2) is 36.0 Å². The van der Waals surface area contributed by atoms with E-state index in [0.29, 0.717) is 29.0 Å². The number of allylic oxidation sites excluding steroid dienone is 6. The monoisotopic (exact) mass is 394 g/mol. The lowest BCUT2D eigenvalue weighted by molar-refractivity contribution is -0.116. The van der Waals surface area contributed by atoms with Crippen LogP contribution in [-0.2, 0) is 4.79 Å². The third kappa shape index (κ3) is 3.41. The van der Waals surface area contributed by atoms with E-state index in [9.17, 15) is 4.79 Å². The number of fused-ring (bicyclic) bond motifs is 5. The smallest absolute Gasteiger partial charge is 0.156 e. The highest BCUT2D eigenvalue weighted by Gasteiger charge is 2.58. The van der Waals surface area contributed by atoms with Crippen molar-refractivity contribution in [1.82, 2.24) is 0 Å². The summed E-state index contributed by atoms with van der Waals surface area (Å²) in [5.41, 5.74) is 2.02. The molecule has 8 atom stereocenters. The molecule has 0 heterocycles. The molecule has 0 saturated heterocycles. The summed E-state index contributed by atoms with van der Waals surface area (Å²) in [4.78, 5) is 12.0. The lowest BCUT2D eigenvalue weighted by Crippen LogP contribution is -2.49. The van der Waals surface area contributed by atoms with Crippen molar-refractivity contribution in [2.45, 2.75) is 80.1 Å². The first-order valence-electron chi connectivity index (χ1n) is 12.3. The Hall–Kier alpha value is -1.11. The van der Waals surface area contributed by atoms with Crippen LogP contribution in [-0.4, -0.2) is 5.78 Å². The molecule has 29 heavy (non-hydrogen) atoms. The fraction of sp³-hybridized carbons (Fsp3) is 0.750. The number of carbonyl (C=O) groups is 1. The molecule has 4 aliphatic carbocycles. The Morgan fingerprint density at radius 3 is 2.48 bits per heavy atom. The molecular formula is C28H42O. The highest BCUT2D eigenvalue weighted by Crippen LogP contribution is 2.66. The molecule has 0 N–H and O–H groups in total. The van der Waals surface area contributed by atoms with Gasteiger partial charge in [-0.1, -0.05) is 65.8 Å². The van der Waals surface area contributed by atoms with E-state index in [1.54, 1.807) is 0 Å². The minimum Gasteiger partial charge on any atom is -0.295 e. The zero-order chi connectivity index (χ0) is 21.0. The van der Waals surface area contributed by atoms with E-state index < -0.39 is 0 Å². The van der Waals surface area contributed by atoms with Crippen LogP contribution in [0.1, 0.15) is 80.1 Å². The molecular weight excluding hydrogens is 352 g/mol. The number of carbonyl (C=O) groups excluding carboxylic acids is 1. The van der Waals surface area contributed by atoms with E-state index in [2.05, 4.69) is 65.8 Å². The maximum absolute atomic E-state index is 12.0. The molecule has 1 heteroatoms. The third-order valence-corrected chi connectivity index (χ3v) is 9.99. The Morgan fingerprint density at radius 1 is 1.00 bits per heavy atom. The zero-order valence-electron chi connectivity index (χ0n) is 19.6. The zero-order valence-corrected chi connectivity index (χ0v) is 19.6. The average molecular weight is 395 g/mol. The highest BCUT2D eigenvalue weighted by atomic mass is 16.1. The van der Waals surface area contributed by atoms with Gasteiger partial charge >= 0.3 is 0 Å². The van der Waals surface area contributed by atoms with Gasteiger partial charge in [-0.3, -0.25) is 4.79 Å². The van der Waals surface area contributed by atoms with E-state index in [1.807, 2.05) is 6.08 Å². The molecule has 2 saturated carbocycles. The van der Waals surface area contributed by atoms with E-state index in [-0.39, 0.29) is 5.41 Å². The first kappa shape index (κ1) is 21.1. The highest BCUT2D eigenvalue weighted by molar-refractivity contribution is 5.92. The van der Waals surface area contributed by atoms with E-state index in [0.717, 1.165) is 36.5 Å². The van der Waals surface area contributed by atoms with Gasteiger partial charge in [0.1, 0.15) is 0 Å².